The summed E-state index contributed by atoms with van der Waals surface area (Å²) in [7, 11) is 0. The van der Waals surface area contributed by atoms with Crippen LogP contribution in [0.25, 0.3) is 0 Å². The van der Waals surface area contributed by atoms with Gasteiger partial charge in [0.2, 0.25) is 5.91 Å². The van der Waals surface area contributed by atoms with Gasteiger partial charge in [-0.1, -0.05) is 29.3 Å². The fourth-order valence-electron chi connectivity index (χ4n) is 1.55. The van der Waals surface area contributed by atoms with E-state index in [-0.39, 0.29) is 12.3 Å². The van der Waals surface area contributed by atoms with Gasteiger partial charge in [0, 0.05) is 16.6 Å². The second-order valence-electron chi connectivity index (χ2n) is 5.17. The number of hydrogen-bond donors (Lipinski definition) is 2. The summed E-state index contributed by atoms with van der Waals surface area (Å²) < 4.78 is 0. The molecule has 0 saturated carbocycles. The molecule has 0 heterocycles. The van der Waals surface area contributed by atoms with Gasteiger partial charge in [-0.3, -0.25) is 9.59 Å². The lowest BCUT2D eigenvalue weighted by Crippen LogP contribution is -2.32. The molecule has 0 fully saturated rings. The van der Waals surface area contributed by atoms with Crippen molar-refractivity contribution in [2.24, 2.45) is 5.41 Å². The van der Waals surface area contributed by atoms with E-state index in [1.165, 1.54) is 0 Å². The number of amides is 1. The van der Waals surface area contributed by atoms with Crippen LogP contribution in [0.15, 0.2) is 18.2 Å². The molecule has 20 heavy (non-hydrogen) atoms. The number of hydrogen-bond acceptors (Lipinski definition) is 2. The van der Waals surface area contributed by atoms with Gasteiger partial charge in [0.25, 0.3) is 0 Å². The number of halogens is 2. The minimum absolute atomic E-state index is 0.0754. The van der Waals surface area contributed by atoms with Crippen molar-refractivity contribution in [1.29, 1.82) is 0 Å². The Hall–Kier alpha value is -1.26. The van der Waals surface area contributed by atoms with E-state index in [4.69, 9.17) is 28.3 Å². The van der Waals surface area contributed by atoms with E-state index in [0.29, 0.717) is 28.6 Å². The maximum Gasteiger partial charge on any atom is 0.309 e. The molecular formula is C14H17Cl2NO3. The van der Waals surface area contributed by atoms with Gasteiger partial charge in [-0.25, -0.2) is 0 Å². The number of aliphatic carboxylic acids is 1. The molecule has 0 bridgehead atoms. The minimum Gasteiger partial charge on any atom is -0.481 e. The highest BCUT2D eigenvalue weighted by Gasteiger charge is 2.26. The van der Waals surface area contributed by atoms with Crippen LogP contribution in [0.5, 0.6) is 0 Å². The van der Waals surface area contributed by atoms with Crippen LogP contribution in [0.3, 0.4) is 0 Å². The second-order valence-corrected chi connectivity index (χ2v) is 5.98. The summed E-state index contributed by atoms with van der Waals surface area (Å²) in [5.41, 5.74) is -0.291. The summed E-state index contributed by atoms with van der Waals surface area (Å²) in [4.78, 5) is 22.7. The predicted molar refractivity (Wildman–Crippen MR) is 79.2 cm³/mol. The highest BCUT2D eigenvalue weighted by atomic mass is 35.5. The largest absolute Gasteiger partial charge is 0.481 e. The highest BCUT2D eigenvalue weighted by molar-refractivity contribution is 6.36. The average Bonchev–Trinajstić information content (AvgIpc) is 2.33. The molecule has 0 aliphatic carbocycles. The topological polar surface area (TPSA) is 66.4 Å². The first-order valence-electron chi connectivity index (χ1n) is 6.17. The lowest BCUT2D eigenvalue weighted by atomic mass is 9.90. The molecule has 1 rings (SSSR count). The summed E-state index contributed by atoms with van der Waals surface area (Å²) >= 11 is 12.0. The molecule has 0 aliphatic rings. The lowest BCUT2D eigenvalue weighted by Gasteiger charge is -2.19. The SMILES string of the molecule is CC(C)(CCNC(=O)Cc1c(Cl)cccc1Cl)C(=O)O. The molecule has 1 aromatic carbocycles. The van der Waals surface area contributed by atoms with Crippen molar-refractivity contribution in [2.75, 3.05) is 6.54 Å². The summed E-state index contributed by atoms with van der Waals surface area (Å²) in [6, 6.07) is 5.05. The van der Waals surface area contributed by atoms with Gasteiger partial charge in [0.15, 0.2) is 0 Å². The Kier molecular flexibility index (Phi) is 5.84. The van der Waals surface area contributed by atoms with Gasteiger partial charge >= 0.3 is 5.97 Å². The van der Waals surface area contributed by atoms with Crippen LogP contribution in [0.1, 0.15) is 25.8 Å². The molecule has 2 N–H and O–H groups in total. The molecule has 110 valence electrons. The van der Waals surface area contributed by atoms with Crippen molar-refractivity contribution in [3.63, 3.8) is 0 Å². The zero-order chi connectivity index (χ0) is 15.3. The third-order valence-electron chi connectivity index (χ3n) is 3.05. The normalized spacial score (nSPS) is 11.2. The van der Waals surface area contributed by atoms with Crippen molar-refractivity contribution >= 4 is 35.1 Å². The predicted octanol–water partition coefficient (Wildman–Crippen LogP) is 3.15. The van der Waals surface area contributed by atoms with Crippen LogP contribution in [-0.2, 0) is 16.0 Å². The van der Waals surface area contributed by atoms with Gasteiger partial charge < -0.3 is 10.4 Å². The van der Waals surface area contributed by atoms with Crippen LogP contribution in [0.2, 0.25) is 10.0 Å². The Balaban J connectivity index is 2.51. The molecule has 1 aromatic rings. The first-order valence-corrected chi connectivity index (χ1v) is 6.92. The maximum atomic E-state index is 11.8. The maximum absolute atomic E-state index is 11.8. The molecular weight excluding hydrogens is 301 g/mol. The van der Waals surface area contributed by atoms with Gasteiger partial charge in [-0.05, 0) is 38.0 Å². The molecule has 6 heteroatoms. The molecule has 0 saturated heterocycles. The molecule has 0 aromatic heterocycles. The molecule has 0 radical (unpaired) electrons. The monoisotopic (exact) mass is 317 g/mol. The van der Waals surface area contributed by atoms with Crippen molar-refractivity contribution in [1.82, 2.24) is 5.32 Å². The highest BCUT2D eigenvalue weighted by Crippen LogP contribution is 2.24. The molecule has 0 unspecified atom stereocenters. The Morgan fingerprint density at radius 1 is 1.25 bits per heavy atom. The van der Waals surface area contributed by atoms with Gasteiger partial charge in [-0.2, -0.15) is 0 Å². The van der Waals surface area contributed by atoms with Crippen molar-refractivity contribution in [2.45, 2.75) is 26.7 Å². The Morgan fingerprint density at radius 3 is 2.30 bits per heavy atom. The van der Waals surface area contributed by atoms with Crippen molar-refractivity contribution in [3.05, 3.63) is 33.8 Å². The van der Waals surface area contributed by atoms with E-state index < -0.39 is 11.4 Å². The number of carboxylic acid groups (broad SMARTS) is 1. The van der Waals surface area contributed by atoms with Crippen LogP contribution in [-0.4, -0.2) is 23.5 Å². The minimum atomic E-state index is -0.888. The van der Waals surface area contributed by atoms with Crippen LogP contribution < -0.4 is 5.32 Å². The van der Waals surface area contributed by atoms with Crippen molar-refractivity contribution in [3.8, 4) is 0 Å². The van der Waals surface area contributed by atoms with E-state index in [1.807, 2.05) is 0 Å². The van der Waals surface area contributed by atoms with Crippen molar-refractivity contribution < 1.29 is 14.7 Å². The van der Waals surface area contributed by atoms with Crippen LogP contribution >= 0.6 is 23.2 Å². The molecule has 4 nitrogen and oxygen atoms in total. The molecule has 0 aliphatic heterocycles. The molecule has 0 atom stereocenters. The number of benzene rings is 1. The fourth-order valence-corrected chi connectivity index (χ4v) is 2.08. The Morgan fingerprint density at radius 2 is 1.80 bits per heavy atom. The summed E-state index contributed by atoms with van der Waals surface area (Å²) in [6.07, 6.45) is 0.427. The summed E-state index contributed by atoms with van der Waals surface area (Å²) in [5.74, 6) is -1.12. The Bertz CT molecular complexity index is 495. The van der Waals surface area contributed by atoms with E-state index in [1.54, 1.807) is 32.0 Å². The fraction of sp³-hybridized carbons (Fsp3) is 0.429. The third kappa shape index (κ3) is 4.69. The van der Waals surface area contributed by atoms with Gasteiger partial charge in [-0.15, -0.1) is 0 Å². The zero-order valence-electron chi connectivity index (χ0n) is 11.4. The zero-order valence-corrected chi connectivity index (χ0v) is 12.9. The quantitative estimate of drug-likeness (QED) is 0.847. The van der Waals surface area contributed by atoms with E-state index >= 15 is 0 Å². The van der Waals surface area contributed by atoms with Gasteiger partial charge in [0.05, 0.1) is 11.8 Å². The smallest absolute Gasteiger partial charge is 0.309 e. The number of nitrogens with one attached hydrogen (secondary N) is 1. The number of carbonyl (C=O) groups excluding carboxylic acids is 1. The standard InChI is InChI=1S/C14H17Cl2NO3/c1-14(2,13(19)20)6-7-17-12(18)8-9-10(15)4-3-5-11(9)16/h3-5H,6-8H2,1-2H3,(H,17,18)(H,19,20). The molecule has 1 amide bonds. The number of carboxylic acids is 1. The Labute approximate surface area is 128 Å². The molecule has 0 spiro atoms. The summed E-state index contributed by atoms with van der Waals surface area (Å²) in [6.45, 7) is 3.53. The lowest BCUT2D eigenvalue weighted by molar-refractivity contribution is -0.147. The number of rotatable bonds is 6. The van der Waals surface area contributed by atoms with E-state index in [0.717, 1.165) is 0 Å². The van der Waals surface area contributed by atoms with Crippen LogP contribution in [0.4, 0.5) is 0 Å². The third-order valence-corrected chi connectivity index (χ3v) is 3.76. The average molecular weight is 318 g/mol. The first kappa shape index (κ1) is 16.8. The van der Waals surface area contributed by atoms with Crippen LogP contribution in [0, 0.1) is 5.41 Å². The second kappa shape index (κ2) is 6.95. The van der Waals surface area contributed by atoms with E-state index in [2.05, 4.69) is 5.32 Å². The summed E-state index contributed by atoms with van der Waals surface area (Å²) in [5, 5.41) is 12.5. The van der Waals surface area contributed by atoms with Gasteiger partial charge in [0.1, 0.15) is 0 Å². The first-order chi connectivity index (χ1) is 9.24. The number of carbonyl (C=O) groups is 2. The van der Waals surface area contributed by atoms with E-state index in [9.17, 15) is 9.59 Å².